The third-order valence-electron chi connectivity index (χ3n) is 4.15. The van der Waals surface area contributed by atoms with E-state index in [0.29, 0.717) is 5.92 Å². The van der Waals surface area contributed by atoms with Crippen LogP contribution in [0.4, 0.5) is 0 Å². The highest BCUT2D eigenvalue weighted by molar-refractivity contribution is 5.85. The molecule has 0 bridgehead atoms. The molecule has 24 heavy (non-hydrogen) atoms. The summed E-state index contributed by atoms with van der Waals surface area (Å²) in [6, 6.07) is 5.94. The Kier molecular flexibility index (Phi) is 8.36. The lowest BCUT2D eigenvalue weighted by molar-refractivity contribution is -0.137. The molecule has 6 heteroatoms. The number of hydrogen-bond acceptors (Lipinski definition) is 4. The van der Waals surface area contributed by atoms with Crippen molar-refractivity contribution >= 4 is 18.3 Å². The van der Waals surface area contributed by atoms with E-state index in [2.05, 4.69) is 19.2 Å². The molecule has 1 aromatic carbocycles. The SMILES string of the molecule is COc1ccc(CCN(CC(C)C)C(=O)C2CNC2)cc1OC.Cl. The van der Waals surface area contributed by atoms with Crippen LogP contribution < -0.4 is 14.8 Å². The molecule has 2 rings (SSSR count). The Morgan fingerprint density at radius 3 is 2.42 bits per heavy atom. The lowest BCUT2D eigenvalue weighted by Crippen LogP contribution is -2.53. The van der Waals surface area contributed by atoms with Gasteiger partial charge in [-0.25, -0.2) is 0 Å². The van der Waals surface area contributed by atoms with E-state index in [1.807, 2.05) is 23.1 Å². The van der Waals surface area contributed by atoms with E-state index in [4.69, 9.17) is 9.47 Å². The number of amides is 1. The van der Waals surface area contributed by atoms with Crippen LogP contribution in [0.1, 0.15) is 19.4 Å². The Hall–Kier alpha value is -1.46. The van der Waals surface area contributed by atoms with Crippen molar-refractivity contribution in [3.8, 4) is 11.5 Å². The largest absolute Gasteiger partial charge is 0.493 e. The molecule has 0 aliphatic carbocycles. The molecule has 1 heterocycles. The minimum Gasteiger partial charge on any atom is -0.493 e. The molecule has 1 aliphatic rings. The van der Waals surface area contributed by atoms with Crippen LogP contribution in [0.2, 0.25) is 0 Å². The van der Waals surface area contributed by atoms with E-state index >= 15 is 0 Å². The number of benzene rings is 1. The average Bonchev–Trinajstić information content (AvgIpc) is 2.48. The molecule has 0 aromatic heterocycles. The van der Waals surface area contributed by atoms with E-state index in [9.17, 15) is 4.79 Å². The van der Waals surface area contributed by atoms with Gasteiger partial charge in [0.2, 0.25) is 5.91 Å². The van der Waals surface area contributed by atoms with Crippen molar-refractivity contribution in [3.05, 3.63) is 23.8 Å². The van der Waals surface area contributed by atoms with Gasteiger partial charge in [0.15, 0.2) is 11.5 Å². The van der Waals surface area contributed by atoms with Crippen LogP contribution >= 0.6 is 12.4 Å². The van der Waals surface area contributed by atoms with E-state index < -0.39 is 0 Å². The Labute approximate surface area is 151 Å². The molecule has 1 N–H and O–H groups in total. The van der Waals surface area contributed by atoms with Crippen LogP contribution in [0.3, 0.4) is 0 Å². The van der Waals surface area contributed by atoms with Gasteiger partial charge in [0.1, 0.15) is 0 Å². The van der Waals surface area contributed by atoms with Crippen LogP contribution in [0, 0.1) is 11.8 Å². The van der Waals surface area contributed by atoms with Crippen molar-refractivity contribution in [1.29, 1.82) is 0 Å². The van der Waals surface area contributed by atoms with Gasteiger partial charge in [-0.2, -0.15) is 0 Å². The molecule has 0 unspecified atom stereocenters. The highest BCUT2D eigenvalue weighted by atomic mass is 35.5. The van der Waals surface area contributed by atoms with Gasteiger partial charge >= 0.3 is 0 Å². The zero-order chi connectivity index (χ0) is 16.8. The summed E-state index contributed by atoms with van der Waals surface area (Å²) in [5.41, 5.74) is 1.15. The maximum absolute atomic E-state index is 12.5. The molecule has 0 saturated carbocycles. The summed E-state index contributed by atoms with van der Waals surface area (Å²) in [7, 11) is 3.27. The Morgan fingerprint density at radius 2 is 1.92 bits per heavy atom. The summed E-state index contributed by atoms with van der Waals surface area (Å²) in [5, 5.41) is 3.17. The zero-order valence-electron chi connectivity index (χ0n) is 15.0. The minimum absolute atomic E-state index is 0. The number of ether oxygens (including phenoxy) is 2. The Bertz CT molecular complexity index is 533. The van der Waals surface area contributed by atoms with E-state index in [0.717, 1.165) is 49.7 Å². The lowest BCUT2D eigenvalue weighted by Gasteiger charge is -2.33. The predicted octanol–water partition coefficient (Wildman–Crippen LogP) is 2.37. The van der Waals surface area contributed by atoms with Crippen LogP contribution in [0.5, 0.6) is 11.5 Å². The topological polar surface area (TPSA) is 50.8 Å². The van der Waals surface area contributed by atoms with Gasteiger partial charge in [-0.3, -0.25) is 4.79 Å². The molecule has 5 nitrogen and oxygen atoms in total. The van der Waals surface area contributed by atoms with Crippen molar-refractivity contribution in [2.75, 3.05) is 40.4 Å². The molecule has 0 spiro atoms. The first-order valence-corrected chi connectivity index (χ1v) is 8.25. The van der Waals surface area contributed by atoms with Crippen LogP contribution in [-0.2, 0) is 11.2 Å². The molecule has 1 saturated heterocycles. The van der Waals surface area contributed by atoms with Gasteiger partial charge in [-0.1, -0.05) is 19.9 Å². The molecule has 0 atom stereocenters. The number of hydrogen-bond donors (Lipinski definition) is 1. The van der Waals surface area contributed by atoms with E-state index in [1.165, 1.54) is 0 Å². The van der Waals surface area contributed by atoms with Crippen LogP contribution in [-0.4, -0.2) is 51.2 Å². The lowest BCUT2D eigenvalue weighted by atomic mass is 10.0. The molecule has 1 amide bonds. The first-order chi connectivity index (χ1) is 11.0. The third-order valence-corrected chi connectivity index (χ3v) is 4.15. The number of rotatable bonds is 8. The highest BCUT2D eigenvalue weighted by Crippen LogP contribution is 2.27. The molecule has 136 valence electrons. The van der Waals surface area contributed by atoms with Crippen molar-refractivity contribution < 1.29 is 14.3 Å². The second-order valence-electron chi connectivity index (χ2n) is 6.47. The fourth-order valence-electron chi connectivity index (χ4n) is 2.75. The van der Waals surface area contributed by atoms with Crippen molar-refractivity contribution in [2.45, 2.75) is 20.3 Å². The Morgan fingerprint density at radius 1 is 1.25 bits per heavy atom. The normalized spacial score (nSPS) is 13.9. The first kappa shape index (κ1) is 20.6. The molecule has 0 radical (unpaired) electrons. The maximum Gasteiger partial charge on any atom is 0.228 e. The number of nitrogens with zero attached hydrogens (tertiary/aromatic N) is 1. The van der Waals surface area contributed by atoms with Gasteiger partial charge in [-0.15, -0.1) is 12.4 Å². The van der Waals surface area contributed by atoms with Gasteiger partial charge < -0.3 is 19.7 Å². The molecule has 1 aromatic rings. The number of methoxy groups -OCH3 is 2. The van der Waals surface area contributed by atoms with E-state index in [1.54, 1.807) is 14.2 Å². The number of halogens is 1. The zero-order valence-corrected chi connectivity index (χ0v) is 15.8. The molecular weight excluding hydrogens is 328 g/mol. The van der Waals surface area contributed by atoms with Crippen LogP contribution in [0.25, 0.3) is 0 Å². The standard InChI is InChI=1S/C18H28N2O3.ClH/c1-13(2)12-20(18(21)15-10-19-11-15)8-7-14-5-6-16(22-3)17(9-14)23-4;/h5-6,9,13,15,19H,7-8,10-12H2,1-4H3;1H. The van der Waals surface area contributed by atoms with Gasteiger partial charge in [0, 0.05) is 26.2 Å². The summed E-state index contributed by atoms with van der Waals surface area (Å²) >= 11 is 0. The monoisotopic (exact) mass is 356 g/mol. The summed E-state index contributed by atoms with van der Waals surface area (Å²) in [6.45, 7) is 7.46. The highest BCUT2D eigenvalue weighted by Gasteiger charge is 2.29. The molecule has 1 aliphatic heterocycles. The maximum atomic E-state index is 12.5. The van der Waals surface area contributed by atoms with Gasteiger partial charge in [-0.05, 0) is 30.0 Å². The average molecular weight is 357 g/mol. The van der Waals surface area contributed by atoms with Gasteiger partial charge in [0.25, 0.3) is 0 Å². The first-order valence-electron chi connectivity index (χ1n) is 8.25. The summed E-state index contributed by atoms with van der Waals surface area (Å²) in [4.78, 5) is 14.6. The number of carbonyl (C=O) groups excluding carboxylic acids is 1. The van der Waals surface area contributed by atoms with Crippen molar-refractivity contribution in [2.24, 2.45) is 11.8 Å². The predicted molar refractivity (Wildman–Crippen MR) is 98.3 cm³/mol. The quantitative estimate of drug-likeness (QED) is 0.777. The summed E-state index contributed by atoms with van der Waals surface area (Å²) in [6.07, 6.45) is 0.818. The second kappa shape index (κ2) is 9.74. The fraction of sp³-hybridized carbons (Fsp3) is 0.611. The van der Waals surface area contributed by atoms with Gasteiger partial charge in [0.05, 0.1) is 20.1 Å². The Balaban J connectivity index is 0.00000288. The number of carbonyl (C=O) groups is 1. The minimum atomic E-state index is 0. The summed E-state index contributed by atoms with van der Waals surface area (Å²) < 4.78 is 10.6. The molecular formula is C18H29ClN2O3. The van der Waals surface area contributed by atoms with E-state index in [-0.39, 0.29) is 24.2 Å². The summed E-state index contributed by atoms with van der Waals surface area (Å²) in [5.74, 6) is 2.36. The fourth-order valence-corrected chi connectivity index (χ4v) is 2.75. The second-order valence-corrected chi connectivity index (χ2v) is 6.47. The van der Waals surface area contributed by atoms with Crippen molar-refractivity contribution in [1.82, 2.24) is 10.2 Å². The molecule has 1 fully saturated rings. The number of nitrogens with one attached hydrogen (secondary N) is 1. The van der Waals surface area contributed by atoms with Crippen molar-refractivity contribution in [3.63, 3.8) is 0 Å². The van der Waals surface area contributed by atoms with Crippen LogP contribution in [0.15, 0.2) is 18.2 Å². The third kappa shape index (κ3) is 5.28. The smallest absolute Gasteiger partial charge is 0.228 e.